The van der Waals surface area contributed by atoms with Gasteiger partial charge in [-0.15, -0.1) is 0 Å². The van der Waals surface area contributed by atoms with Crippen molar-refractivity contribution in [1.29, 1.82) is 0 Å². The molecule has 1 saturated carbocycles. The lowest BCUT2D eigenvalue weighted by atomic mass is 9.76. The maximum absolute atomic E-state index is 4.35. The van der Waals surface area contributed by atoms with E-state index in [1.165, 1.54) is 44.1 Å². The van der Waals surface area contributed by atoms with Crippen LogP contribution in [0.1, 0.15) is 64.0 Å². The minimum Gasteiger partial charge on any atom is -0.310 e. The second-order valence-corrected chi connectivity index (χ2v) is 6.07. The van der Waals surface area contributed by atoms with Gasteiger partial charge in [0.05, 0.1) is 6.20 Å². The third-order valence-corrected chi connectivity index (χ3v) is 4.64. The van der Waals surface area contributed by atoms with Gasteiger partial charge in [0.2, 0.25) is 0 Å². The summed E-state index contributed by atoms with van der Waals surface area (Å²) in [5.74, 6) is 1.76. The predicted molar refractivity (Wildman–Crippen MR) is 80.0 cm³/mol. The highest BCUT2D eigenvalue weighted by atomic mass is 15.2. The van der Waals surface area contributed by atoms with E-state index in [-0.39, 0.29) is 0 Å². The molecule has 1 aliphatic carbocycles. The van der Waals surface area contributed by atoms with Crippen molar-refractivity contribution in [2.24, 2.45) is 18.9 Å². The van der Waals surface area contributed by atoms with Crippen LogP contribution in [0.2, 0.25) is 0 Å². The summed E-state index contributed by atoms with van der Waals surface area (Å²) in [5, 5.41) is 8.10. The third kappa shape index (κ3) is 3.82. The van der Waals surface area contributed by atoms with Gasteiger partial charge in [-0.2, -0.15) is 5.10 Å². The van der Waals surface area contributed by atoms with Gasteiger partial charge in [0.25, 0.3) is 0 Å². The van der Waals surface area contributed by atoms with E-state index in [0.717, 1.165) is 18.4 Å². The van der Waals surface area contributed by atoms with E-state index in [2.05, 4.69) is 30.5 Å². The van der Waals surface area contributed by atoms with E-state index >= 15 is 0 Å². The molecule has 19 heavy (non-hydrogen) atoms. The monoisotopic (exact) mass is 263 g/mol. The molecule has 1 unspecified atom stereocenters. The van der Waals surface area contributed by atoms with E-state index in [0.29, 0.717) is 6.04 Å². The number of nitrogens with zero attached hydrogens (tertiary/aromatic N) is 2. The first-order valence-electron chi connectivity index (χ1n) is 7.96. The van der Waals surface area contributed by atoms with E-state index in [9.17, 15) is 0 Å². The summed E-state index contributed by atoms with van der Waals surface area (Å²) in [5.41, 5.74) is 1.37. The van der Waals surface area contributed by atoms with Gasteiger partial charge in [-0.1, -0.05) is 33.1 Å². The SMILES string of the molecule is CCCNC(c1cnn(C)c1)C1CCC(CC)CC1. The highest BCUT2D eigenvalue weighted by Crippen LogP contribution is 2.37. The summed E-state index contributed by atoms with van der Waals surface area (Å²) in [6.07, 6.45) is 12.3. The summed E-state index contributed by atoms with van der Waals surface area (Å²) in [4.78, 5) is 0. The molecule has 0 amide bonds. The van der Waals surface area contributed by atoms with E-state index in [1.54, 1.807) is 0 Å². The molecule has 1 aliphatic rings. The van der Waals surface area contributed by atoms with Gasteiger partial charge in [0, 0.05) is 24.8 Å². The quantitative estimate of drug-likeness (QED) is 0.848. The zero-order chi connectivity index (χ0) is 13.7. The van der Waals surface area contributed by atoms with Crippen LogP contribution in [0.5, 0.6) is 0 Å². The minimum absolute atomic E-state index is 0.506. The van der Waals surface area contributed by atoms with Crippen LogP contribution < -0.4 is 5.32 Å². The minimum atomic E-state index is 0.506. The Morgan fingerprint density at radius 2 is 2.05 bits per heavy atom. The highest BCUT2D eigenvalue weighted by Gasteiger charge is 2.28. The number of hydrogen-bond donors (Lipinski definition) is 1. The predicted octanol–water partition coefficient (Wildman–Crippen LogP) is 3.68. The van der Waals surface area contributed by atoms with Crippen LogP contribution in [0.25, 0.3) is 0 Å². The molecule has 2 rings (SSSR count). The van der Waals surface area contributed by atoms with Gasteiger partial charge in [-0.3, -0.25) is 4.68 Å². The van der Waals surface area contributed by atoms with Crippen molar-refractivity contribution >= 4 is 0 Å². The highest BCUT2D eigenvalue weighted by molar-refractivity contribution is 5.12. The molecular formula is C16H29N3. The Morgan fingerprint density at radius 1 is 1.32 bits per heavy atom. The molecule has 108 valence electrons. The molecule has 0 aromatic carbocycles. The van der Waals surface area contributed by atoms with E-state index in [4.69, 9.17) is 0 Å². The first-order valence-corrected chi connectivity index (χ1v) is 7.96. The van der Waals surface area contributed by atoms with Crippen LogP contribution >= 0.6 is 0 Å². The zero-order valence-electron chi connectivity index (χ0n) is 12.7. The van der Waals surface area contributed by atoms with Crippen LogP contribution in [-0.2, 0) is 7.05 Å². The average molecular weight is 263 g/mol. The molecule has 1 heterocycles. The Morgan fingerprint density at radius 3 is 2.58 bits per heavy atom. The van der Waals surface area contributed by atoms with Crippen LogP contribution in [-0.4, -0.2) is 16.3 Å². The van der Waals surface area contributed by atoms with Crippen molar-refractivity contribution in [3.63, 3.8) is 0 Å². The lowest BCUT2D eigenvalue weighted by Gasteiger charge is -2.33. The number of nitrogens with one attached hydrogen (secondary N) is 1. The topological polar surface area (TPSA) is 29.9 Å². The average Bonchev–Trinajstić information content (AvgIpc) is 2.86. The van der Waals surface area contributed by atoms with Crippen molar-refractivity contribution in [3.8, 4) is 0 Å². The van der Waals surface area contributed by atoms with Gasteiger partial charge >= 0.3 is 0 Å². The van der Waals surface area contributed by atoms with Gasteiger partial charge < -0.3 is 5.32 Å². The fourth-order valence-corrected chi connectivity index (χ4v) is 3.39. The molecule has 3 nitrogen and oxygen atoms in total. The molecule has 1 atom stereocenters. The Bertz CT molecular complexity index is 364. The number of rotatable bonds is 6. The lowest BCUT2D eigenvalue weighted by Crippen LogP contribution is -2.31. The van der Waals surface area contributed by atoms with Crippen molar-refractivity contribution in [3.05, 3.63) is 18.0 Å². The fourth-order valence-electron chi connectivity index (χ4n) is 3.39. The second-order valence-electron chi connectivity index (χ2n) is 6.07. The molecule has 1 aromatic rings. The van der Waals surface area contributed by atoms with Gasteiger partial charge in [-0.25, -0.2) is 0 Å². The van der Waals surface area contributed by atoms with Crippen LogP contribution in [0.3, 0.4) is 0 Å². The van der Waals surface area contributed by atoms with Crippen LogP contribution in [0.15, 0.2) is 12.4 Å². The standard InChI is InChI=1S/C16H29N3/c1-4-10-17-16(15-11-18-19(3)12-15)14-8-6-13(5-2)7-9-14/h11-14,16-17H,4-10H2,1-3H3. The molecule has 0 spiro atoms. The molecule has 1 aromatic heterocycles. The third-order valence-electron chi connectivity index (χ3n) is 4.64. The Hall–Kier alpha value is -0.830. The number of aromatic nitrogens is 2. The zero-order valence-corrected chi connectivity index (χ0v) is 12.7. The summed E-state index contributed by atoms with van der Waals surface area (Å²) in [6.45, 7) is 5.67. The molecule has 0 saturated heterocycles. The Balaban J connectivity index is 2.01. The molecule has 3 heteroatoms. The summed E-state index contributed by atoms with van der Waals surface area (Å²) in [6, 6.07) is 0.506. The first kappa shape index (κ1) is 14.6. The normalized spacial score (nSPS) is 25.4. The number of hydrogen-bond acceptors (Lipinski definition) is 2. The van der Waals surface area contributed by atoms with Gasteiger partial charge in [0.15, 0.2) is 0 Å². The maximum atomic E-state index is 4.35. The van der Waals surface area contributed by atoms with Crippen LogP contribution in [0.4, 0.5) is 0 Å². The Labute approximate surface area is 117 Å². The summed E-state index contributed by atoms with van der Waals surface area (Å²) < 4.78 is 1.92. The van der Waals surface area contributed by atoms with Crippen LogP contribution in [0, 0.1) is 11.8 Å². The maximum Gasteiger partial charge on any atom is 0.0537 e. The van der Waals surface area contributed by atoms with Gasteiger partial charge in [0.1, 0.15) is 0 Å². The lowest BCUT2D eigenvalue weighted by molar-refractivity contribution is 0.218. The Kier molecular flexibility index (Phi) is 5.44. The molecule has 1 N–H and O–H groups in total. The van der Waals surface area contributed by atoms with E-state index in [1.807, 2.05) is 17.9 Å². The van der Waals surface area contributed by atoms with Crippen molar-refractivity contribution in [2.75, 3.05) is 6.54 Å². The van der Waals surface area contributed by atoms with E-state index < -0.39 is 0 Å². The first-order chi connectivity index (χ1) is 9.24. The molecule has 0 bridgehead atoms. The second kappa shape index (κ2) is 7.09. The molecule has 1 fully saturated rings. The molecular weight excluding hydrogens is 234 g/mol. The summed E-state index contributed by atoms with van der Waals surface area (Å²) in [7, 11) is 2.01. The van der Waals surface area contributed by atoms with Crippen molar-refractivity contribution < 1.29 is 0 Å². The van der Waals surface area contributed by atoms with Gasteiger partial charge in [-0.05, 0) is 37.6 Å². The summed E-state index contributed by atoms with van der Waals surface area (Å²) >= 11 is 0. The fraction of sp³-hybridized carbons (Fsp3) is 0.812. The molecule has 0 radical (unpaired) electrons. The smallest absolute Gasteiger partial charge is 0.0537 e. The molecule has 0 aliphatic heterocycles. The largest absolute Gasteiger partial charge is 0.310 e. The van der Waals surface area contributed by atoms with Crippen molar-refractivity contribution in [2.45, 2.75) is 58.4 Å². The number of aryl methyl sites for hydroxylation is 1. The van der Waals surface area contributed by atoms with Crippen molar-refractivity contribution in [1.82, 2.24) is 15.1 Å².